The number of ether oxygens (including phenoxy) is 1. The molecule has 1 fully saturated rings. The molecular weight excluding hydrogens is 395 g/mol. The summed E-state index contributed by atoms with van der Waals surface area (Å²) < 4.78 is 41.6. The van der Waals surface area contributed by atoms with E-state index < -0.39 is 6.36 Å². The summed E-state index contributed by atoms with van der Waals surface area (Å²) in [6.07, 6.45) is -0.283. The summed E-state index contributed by atoms with van der Waals surface area (Å²) in [6.45, 7) is 1.46. The Morgan fingerprint density at radius 1 is 1.21 bits per heavy atom. The van der Waals surface area contributed by atoms with E-state index >= 15 is 0 Å². The highest BCUT2D eigenvalue weighted by Gasteiger charge is 2.32. The lowest BCUT2D eigenvalue weighted by molar-refractivity contribution is -0.274. The number of aromatic nitrogens is 1. The Bertz CT molecular complexity index is 839. The number of nitrogens with one attached hydrogen (secondary N) is 1. The van der Waals surface area contributed by atoms with E-state index in [4.69, 9.17) is 11.6 Å². The number of halogens is 4. The van der Waals surface area contributed by atoms with Crippen LogP contribution in [0, 0.1) is 0 Å². The number of nitrogens with zero attached hydrogens (tertiary/aromatic N) is 2. The van der Waals surface area contributed by atoms with E-state index in [9.17, 15) is 18.0 Å². The normalized spacial score (nSPS) is 14.6. The molecule has 1 amide bonds. The van der Waals surface area contributed by atoms with Gasteiger partial charge in [0.05, 0.1) is 10.6 Å². The number of alkyl halides is 3. The summed E-state index contributed by atoms with van der Waals surface area (Å²) in [5, 5.41) is 3.11. The average Bonchev–Trinajstić information content (AvgIpc) is 2.67. The maximum absolute atomic E-state index is 12.5. The van der Waals surface area contributed by atoms with Crippen molar-refractivity contribution in [2.45, 2.75) is 32.2 Å². The average molecular weight is 414 g/mol. The molecule has 2 heterocycles. The first kappa shape index (κ1) is 20.3. The van der Waals surface area contributed by atoms with Crippen molar-refractivity contribution in [2.75, 3.05) is 18.4 Å². The van der Waals surface area contributed by atoms with Gasteiger partial charge >= 0.3 is 6.36 Å². The highest BCUT2D eigenvalue weighted by molar-refractivity contribution is 6.33. The number of benzene rings is 1. The Kier molecular flexibility index (Phi) is 6.28. The molecule has 0 unspecified atom stereocenters. The van der Waals surface area contributed by atoms with Gasteiger partial charge in [0, 0.05) is 31.4 Å². The zero-order valence-electron chi connectivity index (χ0n) is 14.9. The Hall–Kier alpha value is -2.48. The number of likely N-dealkylation sites (tertiary alicyclic amines) is 1. The third-order valence-corrected chi connectivity index (χ3v) is 4.66. The highest BCUT2D eigenvalue weighted by Crippen LogP contribution is 2.28. The third-order valence-electron chi connectivity index (χ3n) is 4.38. The number of hydrogen-bond donors (Lipinski definition) is 1. The van der Waals surface area contributed by atoms with E-state index in [1.54, 1.807) is 11.0 Å². The fourth-order valence-electron chi connectivity index (χ4n) is 3.02. The zero-order chi connectivity index (χ0) is 20.1. The van der Waals surface area contributed by atoms with Crippen molar-refractivity contribution in [2.24, 2.45) is 0 Å². The molecule has 0 saturated carbocycles. The van der Waals surface area contributed by atoms with E-state index in [1.165, 1.54) is 30.5 Å². The monoisotopic (exact) mass is 413 g/mol. The maximum Gasteiger partial charge on any atom is 0.573 e. The third kappa shape index (κ3) is 5.28. The predicted octanol–water partition coefficient (Wildman–Crippen LogP) is 4.87. The molecule has 3 rings (SSSR count). The van der Waals surface area contributed by atoms with Crippen LogP contribution in [0.4, 0.5) is 19.0 Å². The number of piperidine rings is 1. The van der Waals surface area contributed by atoms with E-state index in [-0.39, 0.29) is 29.0 Å². The SMILES string of the molecule is O=C(c1cnc(NCc2ccccc2OC(F)(F)F)c(Cl)c1)N1CCCCC1. The highest BCUT2D eigenvalue weighted by atomic mass is 35.5. The molecule has 9 heteroatoms. The Morgan fingerprint density at radius 2 is 1.93 bits per heavy atom. The number of carbonyl (C=O) groups is 1. The maximum atomic E-state index is 12.5. The van der Waals surface area contributed by atoms with Crippen LogP contribution in [0.3, 0.4) is 0 Å². The number of anilines is 1. The van der Waals surface area contributed by atoms with Gasteiger partial charge in [-0.1, -0.05) is 29.8 Å². The minimum Gasteiger partial charge on any atom is -0.405 e. The number of para-hydroxylation sites is 1. The molecule has 1 aliphatic rings. The van der Waals surface area contributed by atoms with Crippen LogP contribution in [0.2, 0.25) is 5.02 Å². The lowest BCUT2D eigenvalue weighted by Gasteiger charge is -2.26. The summed E-state index contributed by atoms with van der Waals surface area (Å²) in [5.74, 6) is -0.140. The van der Waals surface area contributed by atoms with Crippen molar-refractivity contribution in [1.29, 1.82) is 0 Å². The fraction of sp³-hybridized carbons (Fsp3) is 0.368. The first-order valence-electron chi connectivity index (χ1n) is 8.86. The number of rotatable bonds is 5. The van der Waals surface area contributed by atoms with Gasteiger partial charge in [0.25, 0.3) is 5.91 Å². The van der Waals surface area contributed by atoms with Crippen LogP contribution in [0.25, 0.3) is 0 Å². The van der Waals surface area contributed by atoms with Gasteiger partial charge in [0.2, 0.25) is 0 Å². The Morgan fingerprint density at radius 3 is 2.61 bits per heavy atom. The van der Waals surface area contributed by atoms with Gasteiger partial charge in [0.15, 0.2) is 0 Å². The fourth-order valence-corrected chi connectivity index (χ4v) is 3.25. The summed E-state index contributed by atoms with van der Waals surface area (Å²) in [6, 6.07) is 7.33. The van der Waals surface area contributed by atoms with Crippen LogP contribution in [-0.4, -0.2) is 35.2 Å². The molecule has 0 aliphatic carbocycles. The number of hydrogen-bond acceptors (Lipinski definition) is 4. The topological polar surface area (TPSA) is 54.5 Å². The van der Waals surface area contributed by atoms with Gasteiger partial charge in [-0.25, -0.2) is 4.98 Å². The van der Waals surface area contributed by atoms with Crippen molar-refractivity contribution >= 4 is 23.3 Å². The molecule has 0 spiro atoms. The van der Waals surface area contributed by atoms with Gasteiger partial charge in [-0.2, -0.15) is 0 Å². The van der Waals surface area contributed by atoms with Gasteiger partial charge < -0.3 is 15.0 Å². The predicted molar refractivity (Wildman–Crippen MR) is 99.5 cm³/mol. The second-order valence-electron chi connectivity index (χ2n) is 6.42. The van der Waals surface area contributed by atoms with E-state index in [0.29, 0.717) is 24.2 Å². The largest absolute Gasteiger partial charge is 0.573 e. The van der Waals surface area contributed by atoms with Crippen molar-refractivity contribution in [3.8, 4) is 5.75 Å². The van der Waals surface area contributed by atoms with Gasteiger partial charge in [-0.05, 0) is 31.4 Å². The van der Waals surface area contributed by atoms with E-state index in [1.807, 2.05) is 0 Å². The minimum absolute atomic E-state index is 0.0262. The van der Waals surface area contributed by atoms with Gasteiger partial charge in [-0.15, -0.1) is 13.2 Å². The molecular formula is C19H19ClF3N3O2. The molecule has 2 aromatic rings. The van der Waals surface area contributed by atoms with Crippen LogP contribution in [0.15, 0.2) is 36.5 Å². The molecule has 0 radical (unpaired) electrons. The first-order chi connectivity index (χ1) is 13.3. The summed E-state index contributed by atoms with van der Waals surface area (Å²) in [5.41, 5.74) is 0.685. The summed E-state index contributed by atoms with van der Waals surface area (Å²) >= 11 is 6.22. The van der Waals surface area contributed by atoms with Gasteiger partial charge in [-0.3, -0.25) is 4.79 Å². The smallest absolute Gasteiger partial charge is 0.405 e. The molecule has 1 aromatic carbocycles. The molecule has 5 nitrogen and oxygen atoms in total. The quantitative estimate of drug-likeness (QED) is 0.759. The van der Waals surface area contributed by atoms with Crippen LogP contribution < -0.4 is 10.1 Å². The first-order valence-corrected chi connectivity index (χ1v) is 9.23. The summed E-state index contributed by atoms with van der Waals surface area (Å²) in [4.78, 5) is 18.4. The standard InChI is InChI=1S/C19H19ClF3N3O2/c20-15-10-14(18(27)26-8-4-1-5-9-26)12-25-17(15)24-11-13-6-2-3-7-16(13)28-19(21,22)23/h2-3,6-7,10,12H,1,4-5,8-9,11H2,(H,24,25). The zero-order valence-corrected chi connectivity index (χ0v) is 15.7. The lowest BCUT2D eigenvalue weighted by Crippen LogP contribution is -2.35. The molecule has 150 valence electrons. The molecule has 0 atom stereocenters. The van der Waals surface area contributed by atoms with E-state index in [0.717, 1.165) is 19.3 Å². The minimum atomic E-state index is -4.78. The summed E-state index contributed by atoms with van der Waals surface area (Å²) in [7, 11) is 0. The molecule has 1 aliphatic heterocycles. The molecule has 0 bridgehead atoms. The van der Waals surface area contributed by atoms with Crippen LogP contribution in [-0.2, 0) is 6.54 Å². The van der Waals surface area contributed by atoms with Crippen LogP contribution in [0.5, 0.6) is 5.75 Å². The van der Waals surface area contributed by atoms with Crippen molar-refractivity contribution in [1.82, 2.24) is 9.88 Å². The molecule has 1 saturated heterocycles. The Balaban J connectivity index is 1.68. The van der Waals surface area contributed by atoms with E-state index in [2.05, 4.69) is 15.0 Å². The molecule has 1 N–H and O–H groups in total. The van der Waals surface area contributed by atoms with Gasteiger partial charge in [0.1, 0.15) is 11.6 Å². The second kappa shape index (κ2) is 8.68. The van der Waals surface area contributed by atoms with Crippen LogP contribution in [0.1, 0.15) is 35.2 Å². The van der Waals surface area contributed by atoms with Crippen molar-refractivity contribution in [3.05, 3.63) is 52.7 Å². The number of pyridine rings is 1. The number of amides is 1. The van der Waals surface area contributed by atoms with Crippen molar-refractivity contribution < 1.29 is 22.7 Å². The van der Waals surface area contributed by atoms with Crippen LogP contribution >= 0.6 is 11.6 Å². The number of carbonyl (C=O) groups excluding carboxylic acids is 1. The molecule has 1 aromatic heterocycles. The Labute approximate surface area is 165 Å². The second-order valence-corrected chi connectivity index (χ2v) is 6.82. The lowest BCUT2D eigenvalue weighted by atomic mass is 10.1. The molecule has 28 heavy (non-hydrogen) atoms. The van der Waals surface area contributed by atoms with Crippen molar-refractivity contribution in [3.63, 3.8) is 0 Å².